The number of aryl methyl sites for hydroxylation is 1. The molecular formula is C18H24N4OS. The zero-order chi connectivity index (χ0) is 17.3. The minimum absolute atomic E-state index is 0.0398. The van der Waals surface area contributed by atoms with Crippen LogP contribution in [0.5, 0.6) is 0 Å². The number of hydrogen-bond acceptors (Lipinski definition) is 4. The van der Waals surface area contributed by atoms with Crippen molar-refractivity contribution in [2.24, 2.45) is 0 Å². The van der Waals surface area contributed by atoms with Crippen molar-refractivity contribution in [2.45, 2.75) is 58.5 Å². The summed E-state index contributed by atoms with van der Waals surface area (Å²) < 4.78 is 2.09. The molecule has 2 aromatic heterocycles. The molecule has 0 saturated heterocycles. The van der Waals surface area contributed by atoms with Gasteiger partial charge in [0.05, 0.1) is 28.5 Å². The molecule has 0 radical (unpaired) electrons. The van der Waals surface area contributed by atoms with Crippen LogP contribution in [0.2, 0.25) is 0 Å². The van der Waals surface area contributed by atoms with E-state index in [2.05, 4.69) is 40.9 Å². The van der Waals surface area contributed by atoms with E-state index in [0.717, 1.165) is 35.5 Å². The number of amides is 1. The van der Waals surface area contributed by atoms with E-state index < -0.39 is 0 Å². The molecule has 3 rings (SSSR count). The molecule has 1 N–H and O–H groups in total. The first-order chi connectivity index (χ1) is 11.3. The predicted molar refractivity (Wildman–Crippen MR) is 96.9 cm³/mol. The first kappa shape index (κ1) is 16.9. The van der Waals surface area contributed by atoms with Crippen LogP contribution in [0.15, 0.2) is 17.7 Å². The maximum atomic E-state index is 12.3. The van der Waals surface area contributed by atoms with Gasteiger partial charge in [0.25, 0.3) is 0 Å². The maximum Gasteiger partial charge on any atom is 0.244 e. The van der Waals surface area contributed by atoms with Crippen LogP contribution in [0, 0.1) is 6.92 Å². The standard InChI is InChI=1S/C18H24N4OS/c1-12-20-13(11-24-12)8-9-17(23)21-15-6-5-7-16-14(15)10-19-22(16)18(2,3)4/h8-11,15H,5-7H2,1-4H3,(H,21,23)/b9-8-/t15-/m1/s1. The Morgan fingerprint density at radius 2 is 2.25 bits per heavy atom. The van der Waals surface area contributed by atoms with Gasteiger partial charge in [-0.1, -0.05) is 0 Å². The van der Waals surface area contributed by atoms with Gasteiger partial charge < -0.3 is 5.32 Å². The third kappa shape index (κ3) is 3.59. The Bertz CT molecular complexity index is 766. The molecule has 0 unspecified atom stereocenters. The SMILES string of the molecule is Cc1nc(/C=C\C(=O)N[C@@H]2CCCc3c2cnn3C(C)(C)C)cs1. The van der Waals surface area contributed by atoms with Crippen molar-refractivity contribution in [1.29, 1.82) is 0 Å². The molecule has 1 aliphatic carbocycles. The number of aromatic nitrogens is 3. The molecule has 0 spiro atoms. The number of thiazole rings is 1. The second-order valence-corrected chi connectivity index (χ2v) is 8.27. The summed E-state index contributed by atoms with van der Waals surface area (Å²) in [7, 11) is 0. The number of carbonyl (C=O) groups is 1. The highest BCUT2D eigenvalue weighted by Gasteiger charge is 2.28. The lowest BCUT2D eigenvalue weighted by atomic mass is 9.92. The van der Waals surface area contributed by atoms with Gasteiger partial charge in [-0.25, -0.2) is 4.98 Å². The van der Waals surface area contributed by atoms with E-state index in [9.17, 15) is 4.79 Å². The Balaban J connectivity index is 1.72. The molecule has 24 heavy (non-hydrogen) atoms. The summed E-state index contributed by atoms with van der Waals surface area (Å²) in [4.78, 5) is 16.6. The zero-order valence-electron chi connectivity index (χ0n) is 14.7. The summed E-state index contributed by atoms with van der Waals surface area (Å²) in [5, 5.41) is 10.6. The van der Waals surface area contributed by atoms with Crippen molar-refractivity contribution in [3.63, 3.8) is 0 Å². The quantitative estimate of drug-likeness (QED) is 0.865. The first-order valence-corrected chi connectivity index (χ1v) is 9.20. The van der Waals surface area contributed by atoms with Gasteiger partial charge in [0, 0.05) is 22.7 Å². The van der Waals surface area contributed by atoms with E-state index in [1.54, 1.807) is 23.5 Å². The van der Waals surface area contributed by atoms with Gasteiger partial charge in [0.2, 0.25) is 5.91 Å². The molecule has 1 atom stereocenters. The molecule has 5 nitrogen and oxygen atoms in total. The van der Waals surface area contributed by atoms with Crippen LogP contribution < -0.4 is 5.32 Å². The Labute approximate surface area is 146 Å². The van der Waals surface area contributed by atoms with E-state index in [1.807, 2.05) is 18.5 Å². The van der Waals surface area contributed by atoms with Crippen LogP contribution in [0.1, 0.15) is 61.6 Å². The van der Waals surface area contributed by atoms with Gasteiger partial charge in [-0.05, 0) is 53.0 Å². The number of hydrogen-bond donors (Lipinski definition) is 1. The fourth-order valence-electron chi connectivity index (χ4n) is 3.12. The Hall–Kier alpha value is -1.95. The number of carbonyl (C=O) groups excluding carboxylic acids is 1. The van der Waals surface area contributed by atoms with Gasteiger partial charge in [-0.2, -0.15) is 5.10 Å². The largest absolute Gasteiger partial charge is 0.346 e. The Morgan fingerprint density at radius 1 is 1.46 bits per heavy atom. The lowest BCUT2D eigenvalue weighted by molar-refractivity contribution is -0.117. The van der Waals surface area contributed by atoms with Gasteiger partial charge >= 0.3 is 0 Å². The smallest absolute Gasteiger partial charge is 0.244 e. The van der Waals surface area contributed by atoms with Gasteiger partial charge in [0.15, 0.2) is 0 Å². The number of fused-ring (bicyclic) bond motifs is 1. The van der Waals surface area contributed by atoms with Gasteiger partial charge in [0.1, 0.15) is 0 Å². The number of nitrogens with one attached hydrogen (secondary N) is 1. The molecule has 6 heteroatoms. The van der Waals surface area contributed by atoms with Crippen molar-refractivity contribution in [3.05, 3.63) is 39.6 Å². The van der Waals surface area contributed by atoms with Crippen LogP contribution in [0.25, 0.3) is 6.08 Å². The monoisotopic (exact) mass is 344 g/mol. The number of nitrogens with zero attached hydrogens (tertiary/aromatic N) is 3. The third-order valence-corrected chi connectivity index (χ3v) is 4.97. The summed E-state index contributed by atoms with van der Waals surface area (Å²) in [6, 6.07) is 0.0409. The van der Waals surface area contributed by atoms with Crippen LogP contribution in [0.3, 0.4) is 0 Å². The molecule has 1 aliphatic rings. The van der Waals surface area contributed by atoms with Crippen molar-refractivity contribution >= 4 is 23.3 Å². The molecule has 2 aromatic rings. The maximum absolute atomic E-state index is 12.3. The van der Waals surface area contributed by atoms with E-state index >= 15 is 0 Å². The zero-order valence-corrected chi connectivity index (χ0v) is 15.5. The Kier molecular flexibility index (Phi) is 4.58. The fraction of sp³-hybridized carbons (Fsp3) is 0.500. The fourth-order valence-corrected chi connectivity index (χ4v) is 3.70. The average molecular weight is 344 g/mol. The predicted octanol–water partition coefficient (Wildman–Crippen LogP) is 3.61. The topological polar surface area (TPSA) is 59.8 Å². The summed E-state index contributed by atoms with van der Waals surface area (Å²) in [6.07, 6.45) is 8.29. The highest BCUT2D eigenvalue weighted by atomic mass is 32.1. The minimum atomic E-state index is -0.0815. The first-order valence-electron chi connectivity index (χ1n) is 8.32. The van der Waals surface area contributed by atoms with Crippen molar-refractivity contribution < 1.29 is 4.79 Å². The van der Waals surface area contributed by atoms with Crippen LogP contribution >= 0.6 is 11.3 Å². The molecule has 0 aromatic carbocycles. The van der Waals surface area contributed by atoms with Crippen molar-refractivity contribution in [1.82, 2.24) is 20.1 Å². The van der Waals surface area contributed by atoms with E-state index in [4.69, 9.17) is 0 Å². The summed E-state index contributed by atoms with van der Waals surface area (Å²) in [6.45, 7) is 8.42. The van der Waals surface area contributed by atoms with Crippen LogP contribution in [-0.4, -0.2) is 20.7 Å². The van der Waals surface area contributed by atoms with Crippen molar-refractivity contribution in [3.8, 4) is 0 Å². The molecule has 1 amide bonds. The Morgan fingerprint density at radius 3 is 2.92 bits per heavy atom. The molecule has 0 bridgehead atoms. The lowest BCUT2D eigenvalue weighted by Crippen LogP contribution is -2.31. The van der Waals surface area contributed by atoms with Crippen molar-refractivity contribution in [2.75, 3.05) is 0 Å². The third-order valence-electron chi connectivity index (χ3n) is 4.18. The van der Waals surface area contributed by atoms with E-state index in [1.165, 1.54) is 5.69 Å². The highest BCUT2D eigenvalue weighted by molar-refractivity contribution is 7.09. The number of rotatable bonds is 3. The van der Waals surface area contributed by atoms with E-state index in [0.29, 0.717) is 0 Å². The summed E-state index contributed by atoms with van der Waals surface area (Å²) in [5.74, 6) is -0.0815. The average Bonchev–Trinajstić information content (AvgIpc) is 3.11. The molecule has 128 valence electrons. The summed E-state index contributed by atoms with van der Waals surface area (Å²) >= 11 is 1.58. The van der Waals surface area contributed by atoms with Crippen LogP contribution in [-0.2, 0) is 16.8 Å². The highest BCUT2D eigenvalue weighted by Crippen LogP contribution is 2.32. The van der Waals surface area contributed by atoms with Gasteiger partial charge in [-0.15, -0.1) is 11.3 Å². The van der Waals surface area contributed by atoms with Crippen LogP contribution in [0.4, 0.5) is 0 Å². The second-order valence-electron chi connectivity index (χ2n) is 7.21. The second kappa shape index (κ2) is 6.51. The molecule has 0 saturated carbocycles. The molecule has 2 heterocycles. The normalized spacial score (nSPS) is 17.9. The van der Waals surface area contributed by atoms with E-state index in [-0.39, 0.29) is 17.5 Å². The summed E-state index contributed by atoms with van der Waals surface area (Å²) in [5.41, 5.74) is 3.19. The lowest BCUT2D eigenvalue weighted by Gasteiger charge is -2.28. The molecule has 0 fully saturated rings. The van der Waals surface area contributed by atoms with Gasteiger partial charge in [-0.3, -0.25) is 9.48 Å². The minimum Gasteiger partial charge on any atom is -0.346 e. The molecule has 0 aliphatic heterocycles. The molecular weight excluding hydrogens is 320 g/mol.